The molecule has 1 aliphatic rings. The first kappa shape index (κ1) is 12.0. The molecule has 1 aliphatic carbocycles. The predicted octanol–water partition coefficient (Wildman–Crippen LogP) is 2.40. The molecule has 0 bridgehead atoms. The molecule has 0 radical (unpaired) electrons. The van der Waals surface area contributed by atoms with Crippen LogP contribution in [-0.4, -0.2) is 22.4 Å². The van der Waals surface area contributed by atoms with Crippen molar-refractivity contribution in [2.45, 2.75) is 25.8 Å². The third kappa shape index (κ3) is 2.26. The maximum atomic E-state index is 11.6. The molecule has 0 saturated heterocycles. The standard InChI is InChI=1S/C15H16N2O2/c1-2-19-15(18)13-8-16-17(10-13)9-12-7-11-5-3-4-6-14(11)12/h3-6,8,10,12H,2,7,9H2,1H3. The van der Waals surface area contributed by atoms with Crippen LogP contribution in [0.3, 0.4) is 0 Å². The van der Waals surface area contributed by atoms with Crippen LogP contribution in [0, 0.1) is 0 Å². The van der Waals surface area contributed by atoms with Crippen molar-refractivity contribution in [2.24, 2.45) is 0 Å². The first-order valence-electron chi connectivity index (χ1n) is 6.55. The smallest absolute Gasteiger partial charge is 0.341 e. The van der Waals surface area contributed by atoms with Gasteiger partial charge in [0.25, 0.3) is 0 Å². The van der Waals surface area contributed by atoms with Crippen LogP contribution < -0.4 is 0 Å². The van der Waals surface area contributed by atoms with Crippen LogP contribution in [0.2, 0.25) is 0 Å². The third-order valence-corrected chi connectivity index (χ3v) is 3.51. The minimum Gasteiger partial charge on any atom is -0.462 e. The van der Waals surface area contributed by atoms with E-state index in [0.717, 1.165) is 13.0 Å². The van der Waals surface area contributed by atoms with Crippen molar-refractivity contribution in [1.29, 1.82) is 0 Å². The summed E-state index contributed by atoms with van der Waals surface area (Å²) >= 11 is 0. The molecule has 4 nitrogen and oxygen atoms in total. The molecule has 0 amide bonds. The van der Waals surface area contributed by atoms with Gasteiger partial charge in [-0.3, -0.25) is 4.68 Å². The molecule has 98 valence electrons. The molecule has 19 heavy (non-hydrogen) atoms. The van der Waals surface area contributed by atoms with E-state index in [-0.39, 0.29) is 5.97 Å². The average Bonchev–Trinajstić information content (AvgIpc) is 2.85. The van der Waals surface area contributed by atoms with E-state index >= 15 is 0 Å². The maximum absolute atomic E-state index is 11.6. The fourth-order valence-corrected chi connectivity index (χ4v) is 2.53. The Balaban J connectivity index is 1.68. The van der Waals surface area contributed by atoms with Crippen LogP contribution in [0.1, 0.15) is 34.3 Å². The lowest BCUT2D eigenvalue weighted by Crippen LogP contribution is -2.22. The van der Waals surface area contributed by atoms with Crippen molar-refractivity contribution < 1.29 is 9.53 Å². The van der Waals surface area contributed by atoms with E-state index in [9.17, 15) is 4.79 Å². The summed E-state index contributed by atoms with van der Waals surface area (Å²) in [6, 6.07) is 8.47. The van der Waals surface area contributed by atoms with Gasteiger partial charge in [-0.2, -0.15) is 5.10 Å². The molecular weight excluding hydrogens is 240 g/mol. The molecule has 3 rings (SSSR count). The van der Waals surface area contributed by atoms with Gasteiger partial charge in [0.2, 0.25) is 0 Å². The monoisotopic (exact) mass is 256 g/mol. The fraction of sp³-hybridized carbons (Fsp3) is 0.333. The van der Waals surface area contributed by atoms with Gasteiger partial charge in [0, 0.05) is 18.7 Å². The molecule has 1 unspecified atom stereocenters. The topological polar surface area (TPSA) is 44.1 Å². The number of ether oxygens (including phenoxy) is 1. The third-order valence-electron chi connectivity index (χ3n) is 3.51. The number of carbonyl (C=O) groups is 1. The first-order chi connectivity index (χ1) is 9.28. The lowest BCUT2D eigenvalue weighted by molar-refractivity contribution is 0.0526. The first-order valence-corrected chi connectivity index (χ1v) is 6.55. The van der Waals surface area contributed by atoms with Crippen molar-refractivity contribution in [1.82, 2.24) is 9.78 Å². The second-order valence-corrected chi connectivity index (χ2v) is 4.77. The highest BCUT2D eigenvalue weighted by Gasteiger charge is 2.26. The van der Waals surface area contributed by atoms with Crippen LogP contribution >= 0.6 is 0 Å². The van der Waals surface area contributed by atoms with Gasteiger partial charge >= 0.3 is 5.97 Å². The Morgan fingerprint density at radius 1 is 1.47 bits per heavy atom. The minimum atomic E-state index is -0.303. The van der Waals surface area contributed by atoms with E-state index in [1.807, 2.05) is 4.68 Å². The van der Waals surface area contributed by atoms with Gasteiger partial charge in [-0.1, -0.05) is 24.3 Å². The largest absolute Gasteiger partial charge is 0.462 e. The van der Waals surface area contributed by atoms with E-state index in [1.165, 1.54) is 11.1 Å². The number of esters is 1. The summed E-state index contributed by atoms with van der Waals surface area (Å²) in [4.78, 5) is 11.6. The van der Waals surface area contributed by atoms with Crippen molar-refractivity contribution in [3.63, 3.8) is 0 Å². The highest BCUT2D eigenvalue weighted by atomic mass is 16.5. The average molecular weight is 256 g/mol. The zero-order valence-electron chi connectivity index (χ0n) is 10.9. The quantitative estimate of drug-likeness (QED) is 0.789. The molecule has 1 heterocycles. The van der Waals surface area contributed by atoms with Crippen LogP contribution in [0.15, 0.2) is 36.7 Å². The fourth-order valence-electron chi connectivity index (χ4n) is 2.53. The molecule has 1 atom stereocenters. The molecule has 4 heteroatoms. The van der Waals surface area contributed by atoms with Crippen LogP contribution in [0.5, 0.6) is 0 Å². The second kappa shape index (κ2) is 4.88. The summed E-state index contributed by atoms with van der Waals surface area (Å²) in [5, 5.41) is 4.23. The molecule has 2 aromatic rings. The summed E-state index contributed by atoms with van der Waals surface area (Å²) in [6.45, 7) is 3.00. The number of nitrogens with zero attached hydrogens (tertiary/aromatic N) is 2. The molecular formula is C15H16N2O2. The van der Waals surface area contributed by atoms with Crippen molar-refractivity contribution in [3.05, 3.63) is 53.3 Å². The summed E-state index contributed by atoms with van der Waals surface area (Å²) in [7, 11) is 0. The van der Waals surface area contributed by atoms with Gasteiger partial charge in [-0.25, -0.2) is 4.79 Å². The Hall–Kier alpha value is -2.10. The van der Waals surface area contributed by atoms with Gasteiger partial charge < -0.3 is 4.74 Å². The Labute approximate surface area is 112 Å². The number of benzene rings is 1. The lowest BCUT2D eigenvalue weighted by atomic mass is 9.78. The summed E-state index contributed by atoms with van der Waals surface area (Å²) in [6.07, 6.45) is 4.42. The number of hydrogen-bond acceptors (Lipinski definition) is 3. The Morgan fingerprint density at radius 2 is 2.32 bits per heavy atom. The molecule has 1 aromatic heterocycles. The van der Waals surface area contributed by atoms with Gasteiger partial charge in [0.1, 0.15) is 0 Å². The Bertz CT molecular complexity index is 604. The summed E-state index contributed by atoms with van der Waals surface area (Å²) in [5.74, 6) is 0.203. The van der Waals surface area contributed by atoms with Gasteiger partial charge in [0.15, 0.2) is 0 Å². The van der Waals surface area contributed by atoms with Gasteiger partial charge in [-0.05, 0) is 24.5 Å². The Kier molecular flexibility index (Phi) is 3.07. The molecule has 1 aromatic carbocycles. The molecule has 0 fully saturated rings. The molecule has 0 saturated carbocycles. The van der Waals surface area contributed by atoms with Gasteiger partial charge in [0.05, 0.1) is 18.4 Å². The predicted molar refractivity (Wildman–Crippen MR) is 71.1 cm³/mol. The minimum absolute atomic E-state index is 0.303. The zero-order valence-corrected chi connectivity index (χ0v) is 10.9. The van der Waals surface area contributed by atoms with E-state index in [1.54, 1.807) is 19.3 Å². The van der Waals surface area contributed by atoms with Gasteiger partial charge in [-0.15, -0.1) is 0 Å². The SMILES string of the molecule is CCOC(=O)c1cnn(CC2Cc3ccccc32)c1. The van der Waals surface area contributed by atoms with Crippen molar-refractivity contribution >= 4 is 5.97 Å². The normalized spacial score (nSPS) is 16.6. The molecule has 0 spiro atoms. The molecule has 0 N–H and O–H groups in total. The van der Waals surface area contributed by atoms with Crippen molar-refractivity contribution in [3.8, 4) is 0 Å². The number of fused-ring (bicyclic) bond motifs is 1. The summed E-state index contributed by atoms with van der Waals surface area (Å²) in [5.41, 5.74) is 3.34. The van der Waals surface area contributed by atoms with E-state index in [4.69, 9.17) is 4.74 Å². The maximum Gasteiger partial charge on any atom is 0.341 e. The second-order valence-electron chi connectivity index (χ2n) is 4.77. The van der Waals surface area contributed by atoms with E-state index in [0.29, 0.717) is 18.1 Å². The summed E-state index contributed by atoms with van der Waals surface area (Å²) < 4.78 is 6.78. The lowest BCUT2D eigenvalue weighted by Gasteiger charge is -2.29. The van der Waals surface area contributed by atoms with Crippen LogP contribution in [0.25, 0.3) is 0 Å². The van der Waals surface area contributed by atoms with Crippen LogP contribution in [-0.2, 0) is 17.7 Å². The number of hydrogen-bond donors (Lipinski definition) is 0. The Morgan fingerprint density at radius 3 is 3.11 bits per heavy atom. The zero-order chi connectivity index (χ0) is 13.2. The highest BCUT2D eigenvalue weighted by Crippen LogP contribution is 2.35. The van der Waals surface area contributed by atoms with E-state index in [2.05, 4.69) is 29.4 Å². The molecule has 0 aliphatic heterocycles. The van der Waals surface area contributed by atoms with E-state index < -0.39 is 0 Å². The number of carbonyl (C=O) groups excluding carboxylic acids is 1. The number of aromatic nitrogens is 2. The highest BCUT2D eigenvalue weighted by molar-refractivity contribution is 5.88. The number of rotatable bonds is 4. The van der Waals surface area contributed by atoms with Crippen LogP contribution in [0.4, 0.5) is 0 Å². The van der Waals surface area contributed by atoms with Crippen molar-refractivity contribution in [2.75, 3.05) is 6.61 Å².